The molecule has 0 aliphatic carbocycles. The SMILES string of the molecule is O=C(Nc1cc(-c2cccc(NCc3cccc(F)c3)n2)c(Cl)cn1)[C@H]1CNCCO1. The molecular formula is C22H21ClFN5O2. The quantitative estimate of drug-likeness (QED) is 0.543. The number of amides is 1. The number of carbonyl (C=O) groups is 1. The van der Waals surface area contributed by atoms with Crippen molar-refractivity contribution in [3.8, 4) is 11.3 Å². The third-order valence-corrected chi connectivity index (χ3v) is 5.02. The van der Waals surface area contributed by atoms with Gasteiger partial charge in [-0.3, -0.25) is 4.79 Å². The third-order valence-electron chi connectivity index (χ3n) is 4.71. The lowest BCUT2D eigenvalue weighted by atomic mass is 10.1. The van der Waals surface area contributed by atoms with Crippen LogP contribution in [0.15, 0.2) is 54.7 Å². The van der Waals surface area contributed by atoms with E-state index in [1.165, 1.54) is 18.3 Å². The second-order valence-corrected chi connectivity index (χ2v) is 7.40. The second-order valence-electron chi connectivity index (χ2n) is 6.99. The average molecular weight is 442 g/mol. The number of ether oxygens (including phenoxy) is 1. The Bertz CT molecular complexity index is 1080. The van der Waals surface area contributed by atoms with Crippen molar-refractivity contribution in [2.45, 2.75) is 12.6 Å². The lowest BCUT2D eigenvalue weighted by molar-refractivity contribution is -0.128. The van der Waals surface area contributed by atoms with Crippen LogP contribution in [0, 0.1) is 5.82 Å². The van der Waals surface area contributed by atoms with Crippen LogP contribution in [-0.4, -0.2) is 41.7 Å². The van der Waals surface area contributed by atoms with Gasteiger partial charge < -0.3 is 20.7 Å². The fourth-order valence-corrected chi connectivity index (χ4v) is 3.37. The number of hydrogen-bond acceptors (Lipinski definition) is 6. The van der Waals surface area contributed by atoms with E-state index in [4.69, 9.17) is 16.3 Å². The molecule has 2 aromatic heterocycles. The first kappa shape index (κ1) is 21.2. The summed E-state index contributed by atoms with van der Waals surface area (Å²) in [4.78, 5) is 21.2. The number of benzene rings is 1. The summed E-state index contributed by atoms with van der Waals surface area (Å²) in [6.07, 6.45) is 0.907. The minimum absolute atomic E-state index is 0.272. The number of aromatic nitrogens is 2. The second kappa shape index (κ2) is 9.82. The van der Waals surface area contributed by atoms with Gasteiger partial charge in [-0.15, -0.1) is 0 Å². The number of pyridine rings is 2. The molecule has 1 aliphatic rings. The molecule has 160 valence electrons. The number of morpholine rings is 1. The van der Waals surface area contributed by atoms with Gasteiger partial charge in [-0.05, 0) is 35.9 Å². The highest BCUT2D eigenvalue weighted by molar-refractivity contribution is 6.33. The number of nitrogens with zero attached hydrogens (tertiary/aromatic N) is 2. The Hall–Kier alpha value is -3.07. The van der Waals surface area contributed by atoms with E-state index in [1.54, 1.807) is 12.1 Å². The maximum Gasteiger partial charge on any atom is 0.255 e. The van der Waals surface area contributed by atoms with Crippen molar-refractivity contribution in [3.05, 3.63) is 71.1 Å². The van der Waals surface area contributed by atoms with Crippen molar-refractivity contribution in [1.29, 1.82) is 0 Å². The molecule has 1 aliphatic heterocycles. The van der Waals surface area contributed by atoms with Crippen molar-refractivity contribution in [2.75, 3.05) is 30.3 Å². The number of carbonyl (C=O) groups excluding carboxylic acids is 1. The summed E-state index contributed by atoms with van der Waals surface area (Å²) in [7, 11) is 0. The number of anilines is 2. The predicted molar refractivity (Wildman–Crippen MR) is 117 cm³/mol. The van der Waals surface area contributed by atoms with Crippen molar-refractivity contribution in [2.24, 2.45) is 0 Å². The lowest BCUT2D eigenvalue weighted by Crippen LogP contribution is -2.45. The number of nitrogens with one attached hydrogen (secondary N) is 3. The van der Waals surface area contributed by atoms with Gasteiger partial charge in [0, 0.05) is 31.4 Å². The minimum atomic E-state index is -0.567. The van der Waals surface area contributed by atoms with E-state index in [0.29, 0.717) is 47.6 Å². The average Bonchev–Trinajstić information content (AvgIpc) is 2.80. The van der Waals surface area contributed by atoms with Crippen LogP contribution in [0.2, 0.25) is 5.02 Å². The molecule has 4 rings (SSSR count). The largest absolute Gasteiger partial charge is 0.366 e. The third kappa shape index (κ3) is 5.55. The molecule has 3 aromatic rings. The topological polar surface area (TPSA) is 88.2 Å². The molecule has 0 spiro atoms. The highest BCUT2D eigenvalue weighted by Crippen LogP contribution is 2.29. The zero-order chi connectivity index (χ0) is 21.6. The van der Waals surface area contributed by atoms with Crippen molar-refractivity contribution in [3.63, 3.8) is 0 Å². The Morgan fingerprint density at radius 3 is 2.90 bits per heavy atom. The molecule has 1 fully saturated rings. The first-order valence-corrected chi connectivity index (χ1v) is 10.2. The number of hydrogen-bond donors (Lipinski definition) is 3. The summed E-state index contributed by atoms with van der Waals surface area (Å²) < 4.78 is 18.8. The molecule has 0 bridgehead atoms. The van der Waals surface area contributed by atoms with E-state index in [0.717, 1.165) is 12.1 Å². The molecule has 31 heavy (non-hydrogen) atoms. The molecule has 1 aromatic carbocycles. The summed E-state index contributed by atoms with van der Waals surface area (Å²) in [5.74, 6) is 0.417. The van der Waals surface area contributed by atoms with E-state index >= 15 is 0 Å². The van der Waals surface area contributed by atoms with E-state index in [2.05, 4.69) is 25.9 Å². The summed E-state index contributed by atoms with van der Waals surface area (Å²) in [5.41, 5.74) is 2.05. The Kier molecular flexibility index (Phi) is 6.71. The van der Waals surface area contributed by atoms with Gasteiger partial charge in [0.1, 0.15) is 23.6 Å². The summed E-state index contributed by atoms with van der Waals surface area (Å²) in [6, 6.07) is 13.5. The van der Waals surface area contributed by atoms with Gasteiger partial charge in [0.25, 0.3) is 5.91 Å². The normalized spacial score (nSPS) is 16.0. The summed E-state index contributed by atoms with van der Waals surface area (Å²) >= 11 is 6.35. The fourth-order valence-electron chi connectivity index (χ4n) is 3.17. The van der Waals surface area contributed by atoms with E-state index in [9.17, 15) is 9.18 Å². The van der Waals surface area contributed by atoms with Crippen LogP contribution in [0.5, 0.6) is 0 Å². The molecule has 3 heterocycles. The van der Waals surface area contributed by atoms with Crippen LogP contribution in [-0.2, 0) is 16.1 Å². The molecule has 1 saturated heterocycles. The maximum absolute atomic E-state index is 13.4. The Morgan fingerprint density at radius 1 is 1.23 bits per heavy atom. The molecule has 7 nitrogen and oxygen atoms in total. The molecule has 1 amide bonds. The molecule has 0 saturated carbocycles. The monoisotopic (exact) mass is 441 g/mol. The summed E-state index contributed by atoms with van der Waals surface area (Å²) in [6.45, 7) is 2.08. The first-order chi connectivity index (χ1) is 15.1. The zero-order valence-electron chi connectivity index (χ0n) is 16.6. The Morgan fingerprint density at radius 2 is 2.10 bits per heavy atom. The highest BCUT2D eigenvalue weighted by Gasteiger charge is 2.22. The Labute approximate surface area is 184 Å². The van der Waals surface area contributed by atoms with Crippen LogP contribution in [0.1, 0.15) is 5.56 Å². The van der Waals surface area contributed by atoms with E-state index in [-0.39, 0.29) is 11.7 Å². The van der Waals surface area contributed by atoms with Crippen LogP contribution in [0.25, 0.3) is 11.3 Å². The van der Waals surface area contributed by atoms with Gasteiger partial charge in [0.15, 0.2) is 0 Å². The highest BCUT2D eigenvalue weighted by atomic mass is 35.5. The molecular weight excluding hydrogens is 421 g/mol. The maximum atomic E-state index is 13.4. The van der Waals surface area contributed by atoms with Crippen molar-refractivity contribution in [1.82, 2.24) is 15.3 Å². The Balaban J connectivity index is 1.48. The standard InChI is InChI=1S/C22H21ClFN5O2/c23-17-12-27-21(29-22(30)19-13-25-7-8-31-19)10-16(17)18-5-2-6-20(28-18)26-11-14-3-1-4-15(24)9-14/h1-6,9-10,12,19,25H,7-8,11,13H2,(H,26,28)(H,27,29,30)/t19-/m1/s1. The lowest BCUT2D eigenvalue weighted by Gasteiger charge is -2.22. The molecule has 9 heteroatoms. The predicted octanol–water partition coefficient (Wildman–Crippen LogP) is 3.48. The van der Waals surface area contributed by atoms with Gasteiger partial charge >= 0.3 is 0 Å². The van der Waals surface area contributed by atoms with Gasteiger partial charge in [0.05, 0.1) is 17.3 Å². The van der Waals surface area contributed by atoms with Crippen LogP contribution in [0.4, 0.5) is 16.0 Å². The van der Waals surface area contributed by atoms with Crippen LogP contribution in [0.3, 0.4) is 0 Å². The van der Waals surface area contributed by atoms with Gasteiger partial charge in [-0.2, -0.15) is 0 Å². The fraction of sp³-hybridized carbons (Fsp3) is 0.227. The van der Waals surface area contributed by atoms with Gasteiger partial charge in [-0.1, -0.05) is 29.8 Å². The molecule has 3 N–H and O–H groups in total. The van der Waals surface area contributed by atoms with Crippen LogP contribution >= 0.6 is 11.6 Å². The molecule has 0 unspecified atom stereocenters. The minimum Gasteiger partial charge on any atom is -0.366 e. The summed E-state index contributed by atoms with van der Waals surface area (Å²) in [5, 5.41) is 9.46. The van der Waals surface area contributed by atoms with Crippen molar-refractivity contribution >= 4 is 29.1 Å². The first-order valence-electron chi connectivity index (χ1n) is 9.83. The van der Waals surface area contributed by atoms with E-state index in [1.807, 2.05) is 24.3 Å². The van der Waals surface area contributed by atoms with Gasteiger partial charge in [-0.25, -0.2) is 14.4 Å². The zero-order valence-corrected chi connectivity index (χ0v) is 17.3. The van der Waals surface area contributed by atoms with Crippen molar-refractivity contribution < 1.29 is 13.9 Å². The smallest absolute Gasteiger partial charge is 0.255 e. The number of halogens is 2. The molecule has 0 radical (unpaired) electrons. The van der Waals surface area contributed by atoms with Gasteiger partial charge in [0.2, 0.25) is 0 Å². The van der Waals surface area contributed by atoms with Crippen LogP contribution < -0.4 is 16.0 Å². The number of rotatable bonds is 6. The molecule has 1 atom stereocenters. The van der Waals surface area contributed by atoms with E-state index < -0.39 is 6.10 Å².